The largest absolute Gasteiger partial charge is 0.480 e. The van der Waals surface area contributed by atoms with E-state index in [-0.39, 0.29) is 16.1 Å². The van der Waals surface area contributed by atoms with Crippen LogP contribution in [0.25, 0.3) is 6.08 Å². The second kappa shape index (κ2) is 7.47. The molecule has 4 nitrogen and oxygen atoms in total. The molecule has 0 bridgehead atoms. The van der Waals surface area contributed by atoms with Crippen LogP contribution in [-0.4, -0.2) is 32.2 Å². The van der Waals surface area contributed by atoms with Gasteiger partial charge in [-0.15, -0.1) is 0 Å². The summed E-state index contributed by atoms with van der Waals surface area (Å²) in [5, 5.41) is 10.1. The van der Waals surface area contributed by atoms with E-state index in [0.717, 1.165) is 17.3 Å². The normalized spacial score (nSPS) is 19.3. The van der Waals surface area contributed by atoms with Crippen LogP contribution >= 0.6 is 35.6 Å². The zero-order chi connectivity index (χ0) is 17.1. The van der Waals surface area contributed by atoms with Crippen LogP contribution in [0.15, 0.2) is 29.2 Å². The Hall–Kier alpha value is -1.37. The van der Waals surface area contributed by atoms with Crippen molar-refractivity contribution in [3.63, 3.8) is 0 Å². The molecule has 1 fully saturated rings. The molecular formula is C16H16ClNO3S2. The van der Waals surface area contributed by atoms with E-state index in [4.69, 9.17) is 23.8 Å². The maximum atomic E-state index is 12.6. The third kappa shape index (κ3) is 3.94. The Morgan fingerprint density at radius 3 is 2.78 bits per heavy atom. The van der Waals surface area contributed by atoms with Crippen LogP contribution in [-0.2, 0) is 9.59 Å². The van der Waals surface area contributed by atoms with Crippen molar-refractivity contribution < 1.29 is 14.7 Å². The van der Waals surface area contributed by atoms with Crippen LogP contribution in [0.3, 0.4) is 0 Å². The van der Waals surface area contributed by atoms with Gasteiger partial charge in [0.2, 0.25) is 0 Å². The third-order valence-electron chi connectivity index (χ3n) is 3.68. The van der Waals surface area contributed by atoms with Crippen LogP contribution in [0.2, 0.25) is 5.02 Å². The summed E-state index contributed by atoms with van der Waals surface area (Å²) in [6, 6.07) is 6.14. The zero-order valence-electron chi connectivity index (χ0n) is 12.7. The minimum Gasteiger partial charge on any atom is -0.480 e. The van der Waals surface area contributed by atoms with Crippen LogP contribution < -0.4 is 0 Å². The Morgan fingerprint density at radius 2 is 2.22 bits per heavy atom. The summed E-state index contributed by atoms with van der Waals surface area (Å²) in [6.07, 6.45) is 2.32. The number of benzene rings is 1. The lowest BCUT2D eigenvalue weighted by atomic mass is 9.98. The summed E-state index contributed by atoms with van der Waals surface area (Å²) in [4.78, 5) is 25.8. The van der Waals surface area contributed by atoms with Gasteiger partial charge in [0.25, 0.3) is 5.91 Å². The van der Waals surface area contributed by atoms with Gasteiger partial charge in [0.1, 0.15) is 10.4 Å². The number of carboxylic acid groups (broad SMARTS) is 1. The number of amides is 1. The molecule has 1 amide bonds. The van der Waals surface area contributed by atoms with E-state index in [2.05, 4.69) is 0 Å². The fourth-order valence-corrected chi connectivity index (χ4v) is 3.83. The van der Waals surface area contributed by atoms with Crippen molar-refractivity contribution in [1.29, 1.82) is 0 Å². The van der Waals surface area contributed by atoms with Gasteiger partial charge in [-0.05, 0) is 29.7 Å². The summed E-state index contributed by atoms with van der Waals surface area (Å²) in [5.74, 6) is -1.60. The van der Waals surface area contributed by atoms with E-state index >= 15 is 0 Å². The fraction of sp³-hybridized carbons (Fsp3) is 0.312. The molecule has 0 spiro atoms. The smallest absolute Gasteiger partial charge is 0.327 e. The van der Waals surface area contributed by atoms with E-state index in [1.54, 1.807) is 31.2 Å². The first-order valence-electron chi connectivity index (χ1n) is 7.10. The van der Waals surface area contributed by atoms with Gasteiger partial charge in [-0.25, -0.2) is 4.79 Å². The summed E-state index contributed by atoms with van der Waals surface area (Å²) in [7, 11) is 0. The first-order valence-corrected chi connectivity index (χ1v) is 8.70. The molecule has 2 unspecified atom stereocenters. The van der Waals surface area contributed by atoms with Crippen molar-refractivity contribution in [3.8, 4) is 0 Å². The molecule has 23 heavy (non-hydrogen) atoms. The van der Waals surface area contributed by atoms with Gasteiger partial charge in [-0.3, -0.25) is 9.69 Å². The number of thioether (sulfide) groups is 1. The molecule has 1 saturated heterocycles. The molecule has 1 aliphatic rings. The van der Waals surface area contributed by atoms with E-state index in [1.165, 1.54) is 4.90 Å². The molecular weight excluding hydrogens is 354 g/mol. The molecule has 1 aromatic carbocycles. The number of halogens is 1. The number of carboxylic acids is 1. The Labute approximate surface area is 149 Å². The molecule has 1 aromatic rings. The Bertz CT molecular complexity index is 690. The van der Waals surface area contributed by atoms with Crippen LogP contribution in [0, 0.1) is 5.92 Å². The van der Waals surface area contributed by atoms with Crippen molar-refractivity contribution in [2.75, 3.05) is 0 Å². The molecule has 2 atom stereocenters. The molecule has 2 rings (SSSR count). The fourth-order valence-electron chi connectivity index (χ4n) is 2.30. The number of carbonyl (C=O) groups is 2. The highest BCUT2D eigenvalue weighted by atomic mass is 35.5. The highest BCUT2D eigenvalue weighted by Gasteiger charge is 2.42. The molecule has 122 valence electrons. The summed E-state index contributed by atoms with van der Waals surface area (Å²) >= 11 is 12.3. The number of aliphatic carboxylic acids is 1. The van der Waals surface area contributed by atoms with Crippen LogP contribution in [0.4, 0.5) is 0 Å². The number of carbonyl (C=O) groups excluding carboxylic acids is 1. The van der Waals surface area contributed by atoms with Gasteiger partial charge in [-0.2, -0.15) is 0 Å². The van der Waals surface area contributed by atoms with Crippen molar-refractivity contribution in [2.45, 2.75) is 26.3 Å². The maximum absolute atomic E-state index is 12.6. The molecule has 0 saturated carbocycles. The molecule has 0 aromatic heterocycles. The van der Waals surface area contributed by atoms with Crippen molar-refractivity contribution in [1.82, 2.24) is 4.90 Å². The second-order valence-electron chi connectivity index (χ2n) is 5.28. The zero-order valence-corrected chi connectivity index (χ0v) is 15.0. The Morgan fingerprint density at radius 1 is 1.52 bits per heavy atom. The van der Waals surface area contributed by atoms with Crippen molar-refractivity contribution >= 4 is 57.9 Å². The lowest BCUT2D eigenvalue weighted by Crippen LogP contribution is -2.47. The van der Waals surface area contributed by atoms with Gasteiger partial charge in [0.15, 0.2) is 0 Å². The van der Waals surface area contributed by atoms with E-state index in [0.29, 0.717) is 16.3 Å². The summed E-state index contributed by atoms with van der Waals surface area (Å²) in [6.45, 7) is 3.69. The van der Waals surface area contributed by atoms with E-state index < -0.39 is 12.0 Å². The number of hydrogen-bond donors (Lipinski definition) is 1. The van der Waals surface area contributed by atoms with Crippen molar-refractivity contribution in [3.05, 3.63) is 39.8 Å². The van der Waals surface area contributed by atoms with Crippen LogP contribution in [0.1, 0.15) is 25.8 Å². The quantitative estimate of drug-likeness (QED) is 0.627. The molecule has 7 heteroatoms. The minimum absolute atomic E-state index is 0.194. The maximum Gasteiger partial charge on any atom is 0.327 e. The standard InChI is InChI=1S/C16H16ClNO3S2/c1-3-9(2)13(15(20)21)18-14(19)12(23-16(18)22)8-10-5-4-6-11(17)7-10/h4-9,13H,3H2,1-2H3,(H,20,21)/b12-8-. The average molecular weight is 370 g/mol. The Kier molecular flexibility index (Phi) is 5.84. The highest BCUT2D eigenvalue weighted by molar-refractivity contribution is 8.26. The van der Waals surface area contributed by atoms with Gasteiger partial charge >= 0.3 is 5.97 Å². The summed E-state index contributed by atoms with van der Waals surface area (Å²) in [5.41, 5.74) is 0.772. The first kappa shape index (κ1) is 18.0. The predicted molar refractivity (Wildman–Crippen MR) is 97.3 cm³/mol. The lowest BCUT2D eigenvalue weighted by Gasteiger charge is -2.27. The number of hydrogen-bond acceptors (Lipinski definition) is 4. The molecule has 1 N–H and O–H groups in total. The monoisotopic (exact) mass is 369 g/mol. The number of thiocarbonyl (C=S) groups is 1. The second-order valence-corrected chi connectivity index (χ2v) is 7.39. The van der Waals surface area contributed by atoms with Gasteiger partial charge in [-0.1, -0.05) is 68.0 Å². The number of nitrogens with zero attached hydrogens (tertiary/aromatic N) is 1. The van der Waals surface area contributed by atoms with Gasteiger partial charge in [0, 0.05) is 5.02 Å². The predicted octanol–water partition coefficient (Wildman–Crippen LogP) is 4.04. The lowest BCUT2D eigenvalue weighted by molar-refractivity contribution is -0.147. The van der Waals surface area contributed by atoms with Crippen LogP contribution in [0.5, 0.6) is 0 Å². The van der Waals surface area contributed by atoms with E-state index in [9.17, 15) is 14.7 Å². The molecule has 0 radical (unpaired) electrons. The molecule has 1 heterocycles. The summed E-state index contributed by atoms with van der Waals surface area (Å²) < 4.78 is 0.274. The topological polar surface area (TPSA) is 57.6 Å². The highest BCUT2D eigenvalue weighted by Crippen LogP contribution is 2.36. The minimum atomic E-state index is -1.04. The van der Waals surface area contributed by atoms with Gasteiger partial charge in [0.05, 0.1) is 4.91 Å². The van der Waals surface area contributed by atoms with Gasteiger partial charge < -0.3 is 5.11 Å². The van der Waals surface area contributed by atoms with Crippen molar-refractivity contribution in [2.24, 2.45) is 5.92 Å². The first-order chi connectivity index (χ1) is 10.8. The number of rotatable bonds is 5. The third-order valence-corrected chi connectivity index (χ3v) is 5.25. The SMILES string of the molecule is CCC(C)C(C(=O)O)N1C(=O)/C(=C/c2cccc(Cl)c2)SC1=S. The Balaban J connectivity index is 2.34. The average Bonchev–Trinajstić information content (AvgIpc) is 2.75. The molecule has 1 aliphatic heterocycles. The van der Waals surface area contributed by atoms with E-state index in [1.807, 2.05) is 13.0 Å². The molecule has 0 aliphatic carbocycles.